The number of amides is 1. The number of oxazole rings is 1. The summed E-state index contributed by atoms with van der Waals surface area (Å²) in [5.41, 5.74) is 1.46. The highest BCUT2D eigenvalue weighted by atomic mass is 19.1. The monoisotopic (exact) mass is 422 g/mol. The van der Waals surface area contributed by atoms with E-state index in [0.29, 0.717) is 60.6 Å². The van der Waals surface area contributed by atoms with Crippen LogP contribution in [0.15, 0.2) is 59.1 Å². The van der Waals surface area contributed by atoms with Gasteiger partial charge in [0.1, 0.15) is 5.82 Å². The Hall–Kier alpha value is -3.03. The van der Waals surface area contributed by atoms with Crippen molar-refractivity contribution in [2.24, 2.45) is 5.92 Å². The molecule has 0 unspecified atom stereocenters. The van der Waals surface area contributed by atoms with Crippen LogP contribution in [-0.2, 0) is 9.47 Å². The third kappa shape index (κ3) is 3.98. The van der Waals surface area contributed by atoms with E-state index in [9.17, 15) is 9.18 Å². The van der Waals surface area contributed by atoms with Crippen molar-refractivity contribution in [1.29, 1.82) is 0 Å². The van der Waals surface area contributed by atoms with Gasteiger partial charge in [-0.1, -0.05) is 24.3 Å². The maximum absolute atomic E-state index is 14.1. The highest BCUT2D eigenvalue weighted by molar-refractivity contribution is 6.00. The summed E-state index contributed by atoms with van der Waals surface area (Å²) >= 11 is 0. The van der Waals surface area contributed by atoms with Crippen LogP contribution in [0.3, 0.4) is 0 Å². The third-order valence-electron chi connectivity index (χ3n) is 5.89. The van der Waals surface area contributed by atoms with Gasteiger partial charge in [-0.3, -0.25) is 4.79 Å². The highest BCUT2D eigenvalue weighted by Gasteiger charge is 2.32. The van der Waals surface area contributed by atoms with Crippen molar-refractivity contribution in [3.8, 4) is 22.8 Å². The first-order valence-corrected chi connectivity index (χ1v) is 10.5. The van der Waals surface area contributed by atoms with Crippen LogP contribution in [0.2, 0.25) is 0 Å². The molecule has 31 heavy (non-hydrogen) atoms. The van der Waals surface area contributed by atoms with Crippen LogP contribution in [-0.4, -0.2) is 48.4 Å². The standard InChI is InChI=1S/C24H23FN2O4/c25-20-8-4-3-7-19(20)21-15-26-22(31-21)17-5-1-2-6-18(17)23(28)27-11-9-16(10-12-27)24-29-13-14-30-24/h1-8,15-16,24H,9-14H2. The van der Waals surface area contributed by atoms with Gasteiger partial charge in [-0.2, -0.15) is 0 Å². The van der Waals surface area contributed by atoms with Gasteiger partial charge in [-0.15, -0.1) is 0 Å². The molecule has 6 nitrogen and oxygen atoms in total. The van der Waals surface area contributed by atoms with Gasteiger partial charge in [0.2, 0.25) is 5.89 Å². The second-order valence-corrected chi connectivity index (χ2v) is 7.79. The molecule has 0 N–H and O–H groups in total. The number of benzene rings is 2. The summed E-state index contributed by atoms with van der Waals surface area (Å²) in [7, 11) is 0. The average Bonchev–Trinajstić information content (AvgIpc) is 3.52. The number of likely N-dealkylation sites (tertiary alicyclic amines) is 1. The van der Waals surface area contributed by atoms with Gasteiger partial charge in [0, 0.05) is 24.6 Å². The quantitative estimate of drug-likeness (QED) is 0.625. The SMILES string of the molecule is O=C(c1ccccc1-c1ncc(-c2ccccc2F)o1)N1CCC(C2OCCO2)CC1. The Kier molecular flexibility index (Phi) is 5.53. The van der Waals surface area contributed by atoms with E-state index in [0.717, 1.165) is 12.8 Å². The minimum atomic E-state index is -0.382. The van der Waals surface area contributed by atoms with E-state index in [4.69, 9.17) is 13.9 Å². The second-order valence-electron chi connectivity index (χ2n) is 7.79. The van der Waals surface area contributed by atoms with E-state index in [2.05, 4.69) is 4.98 Å². The number of carbonyl (C=O) groups is 1. The summed E-state index contributed by atoms with van der Waals surface area (Å²) in [6, 6.07) is 13.6. The molecule has 0 spiro atoms. The number of rotatable bonds is 4. The number of carbonyl (C=O) groups excluding carboxylic acids is 1. The summed E-state index contributed by atoms with van der Waals surface area (Å²) < 4.78 is 31.2. The fourth-order valence-electron chi connectivity index (χ4n) is 4.23. The smallest absolute Gasteiger partial charge is 0.254 e. The molecule has 7 heteroatoms. The van der Waals surface area contributed by atoms with Crippen molar-refractivity contribution in [2.45, 2.75) is 19.1 Å². The maximum atomic E-state index is 14.1. The molecule has 2 aromatic carbocycles. The van der Waals surface area contributed by atoms with Crippen LogP contribution in [0, 0.1) is 11.7 Å². The van der Waals surface area contributed by atoms with Gasteiger partial charge in [-0.05, 0) is 37.1 Å². The van der Waals surface area contributed by atoms with Gasteiger partial charge in [0.15, 0.2) is 12.1 Å². The number of nitrogens with zero attached hydrogens (tertiary/aromatic N) is 2. The van der Waals surface area contributed by atoms with E-state index in [1.54, 1.807) is 30.3 Å². The molecule has 2 aliphatic heterocycles. The van der Waals surface area contributed by atoms with E-state index in [1.807, 2.05) is 17.0 Å². The molecular formula is C24H23FN2O4. The van der Waals surface area contributed by atoms with Crippen LogP contribution < -0.4 is 0 Å². The van der Waals surface area contributed by atoms with Crippen molar-refractivity contribution in [3.63, 3.8) is 0 Å². The van der Waals surface area contributed by atoms with E-state index >= 15 is 0 Å². The number of hydrogen-bond acceptors (Lipinski definition) is 5. The molecule has 1 amide bonds. The zero-order chi connectivity index (χ0) is 21.2. The van der Waals surface area contributed by atoms with Crippen LogP contribution >= 0.6 is 0 Å². The van der Waals surface area contributed by atoms with Gasteiger partial charge in [0.25, 0.3) is 5.91 Å². The lowest BCUT2D eigenvalue weighted by Crippen LogP contribution is -2.41. The average molecular weight is 422 g/mol. The predicted molar refractivity (Wildman–Crippen MR) is 112 cm³/mol. The van der Waals surface area contributed by atoms with Crippen molar-refractivity contribution in [2.75, 3.05) is 26.3 Å². The second kappa shape index (κ2) is 8.61. The summed E-state index contributed by atoms with van der Waals surface area (Å²) in [5.74, 6) is 0.495. The Morgan fingerprint density at radius 1 is 0.968 bits per heavy atom. The Bertz CT molecular complexity index is 1070. The van der Waals surface area contributed by atoms with Crippen molar-refractivity contribution in [3.05, 3.63) is 66.1 Å². The first kappa shape index (κ1) is 19.9. The molecule has 2 saturated heterocycles. The summed E-state index contributed by atoms with van der Waals surface area (Å²) in [6.45, 7) is 2.57. The lowest BCUT2D eigenvalue weighted by atomic mass is 9.95. The molecule has 2 fully saturated rings. The lowest BCUT2D eigenvalue weighted by Gasteiger charge is -2.34. The van der Waals surface area contributed by atoms with Crippen molar-refractivity contribution >= 4 is 5.91 Å². The summed E-state index contributed by atoms with van der Waals surface area (Å²) in [6.07, 6.45) is 3.03. The van der Waals surface area contributed by atoms with Crippen LogP contribution in [0.25, 0.3) is 22.8 Å². The lowest BCUT2D eigenvalue weighted by molar-refractivity contribution is -0.0956. The maximum Gasteiger partial charge on any atom is 0.254 e. The third-order valence-corrected chi connectivity index (χ3v) is 5.89. The molecule has 160 valence electrons. The Morgan fingerprint density at radius 2 is 1.65 bits per heavy atom. The molecule has 0 radical (unpaired) electrons. The predicted octanol–water partition coefficient (Wildman–Crippen LogP) is 4.37. The Balaban J connectivity index is 1.35. The topological polar surface area (TPSA) is 64.8 Å². The highest BCUT2D eigenvalue weighted by Crippen LogP contribution is 2.31. The Morgan fingerprint density at radius 3 is 2.39 bits per heavy atom. The van der Waals surface area contributed by atoms with Gasteiger partial charge < -0.3 is 18.8 Å². The van der Waals surface area contributed by atoms with Crippen molar-refractivity contribution in [1.82, 2.24) is 9.88 Å². The first-order chi connectivity index (χ1) is 15.2. The van der Waals surface area contributed by atoms with E-state index in [1.165, 1.54) is 12.3 Å². The van der Waals surface area contributed by atoms with Crippen LogP contribution in [0.4, 0.5) is 4.39 Å². The molecule has 0 atom stereocenters. The fraction of sp³-hybridized carbons (Fsp3) is 0.333. The number of hydrogen-bond donors (Lipinski definition) is 0. The van der Waals surface area contributed by atoms with Crippen LogP contribution in [0.5, 0.6) is 0 Å². The zero-order valence-electron chi connectivity index (χ0n) is 17.0. The van der Waals surface area contributed by atoms with Crippen LogP contribution in [0.1, 0.15) is 23.2 Å². The molecule has 0 bridgehead atoms. The number of ether oxygens (including phenoxy) is 2. The summed E-state index contributed by atoms with van der Waals surface area (Å²) in [4.78, 5) is 19.5. The molecule has 0 aliphatic carbocycles. The molecule has 0 saturated carbocycles. The number of aromatic nitrogens is 1. The molecular weight excluding hydrogens is 399 g/mol. The molecule has 3 heterocycles. The number of halogens is 1. The van der Waals surface area contributed by atoms with Crippen molar-refractivity contribution < 1.29 is 23.1 Å². The fourth-order valence-corrected chi connectivity index (χ4v) is 4.23. The molecule has 2 aliphatic rings. The minimum absolute atomic E-state index is 0.0621. The van der Waals surface area contributed by atoms with E-state index in [-0.39, 0.29) is 18.0 Å². The first-order valence-electron chi connectivity index (χ1n) is 10.5. The summed E-state index contributed by atoms with van der Waals surface area (Å²) in [5, 5.41) is 0. The number of piperidine rings is 1. The normalized spacial score (nSPS) is 17.9. The Labute approximate surface area is 179 Å². The van der Waals surface area contributed by atoms with E-state index < -0.39 is 0 Å². The molecule has 3 aromatic rings. The molecule has 5 rings (SSSR count). The van der Waals surface area contributed by atoms with Gasteiger partial charge >= 0.3 is 0 Å². The van der Waals surface area contributed by atoms with Gasteiger partial charge in [0.05, 0.1) is 30.5 Å². The molecule has 1 aromatic heterocycles. The minimum Gasteiger partial charge on any atom is -0.436 e. The largest absolute Gasteiger partial charge is 0.436 e. The zero-order valence-corrected chi connectivity index (χ0v) is 17.0. The van der Waals surface area contributed by atoms with Gasteiger partial charge in [-0.25, -0.2) is 9.37 Å².